The highest BCUT2D eigenvalue weighted by atomic mass is 32.2. The summed E-state index contributed by atoms with van der Waals surface area (Å²) in [7, 11) is 1.70. The molecule has 0 saturated carbocycles. The molecule has 0 aliphatic rings. The van der Waals surface area contributed by atoms with E-state index in [-0.39, 0.29) is 17.7 Å². The normalized spacial score (nSPS) is 11.8. The number of carbonyl (C=O) groups excluding carboxylic acids is 1. The van der Waals surface area contributed by atoms with E-state index in [1.807, 2.05) is 0 Å². The van der Waals surface area contributed by atoms with Crippen molar-refractivity contribution in [1.29, 1.82) is 0 Å². The zero-order chi connectivity index (χ0) is 19.3. The van der Waals surface area contributed by atoms with Crippen molar-refractivity contribution < 1.29 is 19.6 Å². The van der Waals surface area contributed by atoms with Crippen molar-refractivity contribution in [2.75, 3.05) is 0 Å². The highest BCUT2D eigenvalue weighted by Gasteiger charge is 2.23. The fourth-order valence-electron chi connectivity index (χ4n) is 2.14. The summed E-state index contributed by atoms with van der Waals surface area (Å²) in [4.78, 5) is 34.5. The van der Waals surface area contributed by atoms with Gasteiger partial charge in [-0.3, -0.25) is 14.9 Å². The van der Waals surface area contributed by atoms with Crippen molar-refractivity contribution in [1.82, 2.24) is 20.1 Å². The molecule has 1 heterocycles. The smallest absolute Gasteiger partial charge is 0.326 e. The summed E-state index contributed by atoms with van der Waals surface area (Å²) in [5.41, 5.74) is -0.255. The number of hydrogen-bond acceptors (Lipinski definition) is 7. The number of carboxylic acids is 1. The molecule has 0 bridgehead atoms. The van der Waals surface area contributed by atoms with Crippen molar-refractivity contribution in [2.45, 2.75) is 35.9 Å². The average Bonchev–Trinajstić information content (AvgIpc) is 2.99. The average molecular weight is 379 g/mol. The van der Waals surface area contributed by atoms with Crippen molar-refractivity contribution >= 4 is 29.3 Å². The van der Waals surface area contributed by atoms with Gasteiger partial charge in [0, 0.05) is 18.7 Å². The molecule has 0 radical (unpaired) electrons. The number of carbonyl (C=O) groups is 2. The van der Waals surface area contributed by atoms with Crippen LogP contribution in [0.25, 0.3) is 0 Å². The highest BCUT2D eigenvalue weighted by molar-refractivity contribution is 7.99. The molecule has 0 saturated heterocycles. The van der Waals surface area contributed by atoms with Crippen LogP contribution in [0.5, 0.6) is 0 Å². The van der Waals surface area contributed by atoms with E-state index in [4.69, 9.17) is 5.11 Å². The molecule has 10 nitrogen and oxygen atoms in total. The third kappa shape index (κ3) is 4.57. The van der Waals surface area contributed by atoms with Gasteiger partial charge in [0.15, 0.2) is 5.16 Å². The van der Waals surface area contributed by atoms with Gasteiger partial charge in [-0.15, -0.1) is 10.2 Å². The second kappa shape index (κ2) is 8.43. The fraction of sp³-hybridized carbons (Fsp3) is 0.333. The van der Waals surface area contributed by atoms with Crippen LogP contribution in [-0.2, 0) is 11.8 Å². The Morgan fingerprint density at radius 1 is 1.46 bits per heavy atom. The molecule has 11 heteroatoms. The number of nitrogens with one attached hydrogen (secondary N) is 1. The Morgan fingerprint density at radius 2 is 2.19 bits per heavy atom. The van der Waals surface area contributed by atoms with Crippen LogP contribution in [-0.4, -0.2) is 42.7 Å². The fourth-order valence-corrected chi connectivity index (χ4v) is 2.99. The summed E-state index contributed by atoms with van der Waals surface area (Å²) in [6.45, 7) is 1.80. The molecule has 1 amide bonds. The molecular weight excluding hydrogens is 362 g/mol. The number of benzene rings is 1. The van der Waals surface area contributed by atoms with Crippen LogP contribution >= 0.6 is 11.8 Å². The van der Waals surface area contributed by atoms with E-state index in [9.17, 15) is 19.7 Å². The maximum Gasteiger partial charge on any atom is 0.326 e. The largest absolute Gasteiger partial charge is 0.480 e. The number of nitrogens with zero attached hydrogens (tertiary/aromatic N) is 4. The van der Waals surface area contributed by atoms with Gasteiger partial charge in [-0.25, -0.2) is 4.79 Å². The van der Waals surface area contributed by atoms with E-state index in [0.29, 0.717) is 16.5 Å². The molecule has 1 atom stereocenters. The van der Waals surface area contributed by atoms with Gasteiger partial charge in [-0.2, -0.15) is 0 Å². The zero-order valence-electron chi connectivity index (χ0n) is 14.1. The van der Waals surface area contributed by atoms with Crippen LogP contribution in [0, 0.1) is 10.1 Å². The first-order chi connectivity index (χ1) is 12.3. The minimum Gasteiger partial charge on any atom is -0.480 e. The van der Waals surface area contributed by atoms with Gasteiger partial charge >= 0.3 is 5.97 Å². The van der Waals surface area contributed by atoms with E-state index < -0.39 is 22.8 Å². The van der Waals surface area contributed by atoms with Crippen LogP contribution in [0.1, 0.15) is 30.1 Å². The summed E-state index contributed by atoms with van der Waals surface area (Å²) >= 11 is 1.05. The Labute approximate surface area is 152 Å². The molecule has 138 valence electrons. The Hall–Kier alpha value is -2.95. The molecule has 0 spiro atoms. The zero-order valence-corrected chi connectivity index (χ0v) is 14.9. The van der Waals surface area contributed by atoms with Crippen molar-refractivity contribution in [3.8, 4) is 0 Å². The second-order valence-electron chi connectivity index (χ2n) is 5.42. The first-order valence-corrected chi connectivity index (χ1v) is 8.49. The number of amides is 1. The van der Waals surface area contributed by atoms with E-state index in [0.717, 1.165) is 17.8 Å². The van der Waals surface area contributed by atoms with Gasteiger partial charge in [0.05, 0.1) is 9.82 Å². The number of nitro groups is 1. The van der Waals surface area contributed by atoms with E-state index in [1.165, 1.54) is 18.5 Å². The summed E-state index contributed by atoms with van der Waals surface area (Å²) in [6.07, 6.45) is 2.31. The molecular formula is C15H17N5O5S. The molecule has 2 rings (SSSR count). The Morgan fingerprint density at radius 3 is 2.73 bits per heavy atom. The van der Waals surface area contributed by atoms with Crippen LogP contribution < -0.4 is 5.32 Å². The minimum absolute atomic E-state index is 0.0152. The third-order valence-electron chi connectivity index (χ3n) is 3.47. The molecule has 0 aliphatic carbocycles. The molecule has 2 aromatic rings. The van der Waals surface area contributed by atoms with Crippen molar-refractivity contribution in [3.63, 3.8) is 0 Å². The van der Waals surface area contributed by atoms with Gasteiger partial charge < -0.3 is 15.0 Å². The number of rotatable bonds is 8. The Balaban J connectivity index is 2.27. The number of hydrogen-bond donors (Lipinski definition) is 2. The maximum absolute atomic E-state index is 12.3. The predicted molar refractivity (Wildman–Crippen MR) is 92.0 cm³/mol. The molecule has 0 aliphatic heterocycles. The highest BCUT2D eigenvalue weighted by Crippen LogP contribution is 2.34. The first-order valence-electron chi connectivity index (χ1n) is 7.67. The maximum atomic E-state index is 12.3. The molecule has 1 aromatic carbocycles. The van der Waals surface area contributed by atoms with Crippen LogP contribution in [0.3, 0.4) is 0 Å². The standard InChI is InChI=1S/C15H17N5O5S/c1-3-4-10(14(22)23)17-13(21)9-5-6-12(11(7-9)20(24)25)26-15-18-16-8-19(15)2/h5-8,10H,3-4H2,1-2H3,(H,17,21)(H,22,23). The molecule has 26 heavy (non-hydrogen) atoms. The van der Waals surface area contributed by atoms with Crippen molar-refractivity contribution in [2.24, 2.45) is 7.05 Å². The lowest BCUT2D eigenvalue weighted by molar-refractivity contribution is -0.387. The lowest BCUT2D eigenvalue weighted by atomic mass is 10.1. The first kappa shape index (κ1) is 19.4. The van der Waals surface area contributed by atoms with Gasteiger partial charge in [0.1, 0.15) is 12.4 Å². The van der Waals surface area contributed by atoms with Gasteiger partial charge in [-0.1, -0.05) is 13.3 Å². The molecule has 1 aromatic heterocycles. The van der Waals surface area contributed by atoms with E-state index in [1.54, 1.807) is 18.5 Å². The van der Waals surface area contributed by atoms with Crippen molar-refractivity contribution in [3.05, 3.63) is 40.2 Å². The number of aliphatic carboxylic acids is 1. The lowest BCUT2D eigenvalue weighted by Crippen LogP contribution is -2.40. The number of aromatic nitrogens is 3. The quantitative estimate of drug-likeness (QED) is 0.523. The van der Waals surface area contributed by atoms with E-state index >= 15 is 0 Å². The predicted octanol–water partition coefficient (Wildman–Crippen LogP) is 1.86. The summed E-state index contributed by atoms with van der Waals surface area (Å²) in [5.74, 6) is -1.83. The van der Waals surface area contributed by atoms with E-state index in [2.05, 4.69) is 15.5 Å². The number of nitro benzene ring substituents is 1. The number of aryl methyl sites for hydroxylation is 1. The number of carboxylic acid groups (broad SMARTS) is 1. The molecule has 1 unspecified atom stereocenters. The monoisotopic (exact) mass is 379 g/mol. The minimum atomic E-state index is -1.15. The third-order valence-corrected chi connectivity index (χ3v) is 4.59. The summed E-state index contributed by atoms with van der Waals surface area (Å²) in [5, 5.41) is 30.9. The summed E-state index contributed by atoms with van der Waals surface area (Å²) in [6, 6.07) is 2.92. The van der Waals surface area contributed by atoms with Gasteiger partial charge in [-0.05, 0) is 30.3 Å². The van der Waals surface area contributed by atoms with Gasteiger partial charge in [0.2, 0.25) is 0 Å². The van der Waals surface area contributed by atoms with Crippen LogP contribution in [0.2, 0.25) is 0 Å². The van der Waals surface area contributed by atoms with Gasteiger partial charge in [0.25, 0.3) is 11.6 Å². The van der Waals surface area contributed by atoms with Crippen LogP contribution in [0.4, 0.5) is 5.69 Å². The molecule has 2 N–H and O–H groups in total. The second-order valence-corrected chi connectivity index (χ2v) is 6.43. The molecule has 0 fully saturated rings. The topological polar surface area (TPSA) is 140 Å². The SMILES string of the molecule is CCCC(NC(=O)c1ccc(Sc2nncn2C)c([N+](=O)[O-])c1)C(=O)O. The Bertz CT molecular complexity index is 838. The Kier molecular flexibility index (Phi) is 6.28. The lowest BCUT2D eigenvalue weighted by Gasteiger charge is -2.13. The van der Waals surface area contributed by atoms with Crippen LogP contribution in [0.15, 0.2) is 34.6 Å². The summed E-state index contributed by atoms with van der Waals surface area (Å²) < 4.78 is 1.61.